The topological polar surface area (TPSA) is 67.3 Å². The number of benzene rings is 2. The molecule has 10 heteroatoms. The van der Waals surface area contributed by atoms with Crippen LogP contribution in [0.1, 0.15) is 49.6 Å². The Hall–Kier alpha value is -3.27. The van der Waals surface area contributed by atoms with Crippen molar-refractivity contribution in [1.29, 1.82) is 0 Å². The van der Waals surface area contributed by atoms with Crippen LogP contribution in [0.4, 0.5) is 29.1 Å². The molecule has 2 aromatic carbocycles. The number of amides is 1. The summed E-state index contributed by atoms with van der Waals surface area (Å²) in [4.78, 5) is 23.4. The number of nitrogens with one attached hydrogen (secondary N) is 1. The van der Waals surface area contributed by atoms with Crippen LogP contribution in [0.15, 0.2) is 36.4 Å². The predicted octanol–water partition coefficient (Wildman–Crippen LogP) is 5.67. The minimum Gasteiger partial charge on any atom is -0.380 e. The second-order valence-corrected chi connectivity index (χ2v) is 9.76. The van der Waals surface area contributed by atoms with Crippen molar-refractivity contribution >= 4 is 28.3 Å². The molecular weight excluding hydrogens is 476 g/mol. The van der Waals surface area contributed by atoms with Crippen LogP contribution in [0.2, 0.25) is 0 Å². The molecule has 3 aromatic rings. The average Bonchev–Trinajstić information content (AvgIpc) is 3.19. The van der Waals surface area contributed by atoms with Gasteiger partial charge in [0.2, 0.25) is 5.91 Å². The van der Waals surface area contributed by atoms with Gasteiger partial charge < -0.3 is 15.0 Å². The molecule has 0 bridgehead atoms. The van der Waals surface area contributed by atoms with Gasteiger partial charge in [0.25, 0.3) is 0 Å². The maximum absolute atomic E-state index is 15.3. The van der Waals surface area contributed by atoms with Crippen molar-refractivity contribution < 1.29 is 27.1 Å². The highest BCUT2D eigenvalue weighted by Gasteiger charge is 2.49. The maximum Gasteiger partial charge on any atom is 0.416 e. The largest absolute Gasteiger partial charge is 0.416 e. The summed E-state index contributed by atoms with van der Waals surface area (Å²) in [6, 6.07) is 7.90. The van der Waals surface area contributed by atoms with Crippen LogP contribution >= 0.6 is 0 Å². The van der Waals surface area contributed by atoms with Gasteiger partial charge in [0.05, 0.1) is 30.0 Å². The molecule has 0 aliphatic carbocycles. The van der Waals surface area contributed by atoms with Crippen molar-refractivity contribution in [3.05, 3.63) is 59.2 Å². The zero-order chi connectivity index (χ0) is 25.7. The van der Waals surface area contributed by atoms with E-state index in [4.69, 9.17) is 4.74 Å². The van der Waals surface area contributed by atoms with Crippen molar-refractivity contribution in [2.45, 2.75) is 45.3 Å². The van der Waals surface area contributed by atoms with Crippen molar-refractivity contribution in [1.82, 2.24) is 9.97 Å². The molecule has 2 fully saturated rings. The van der Waals surface area contributed by atoms with Gasteiger partial charge in [-0.25, -0.2) is 14.4 Å². The third kappa shape index (κ3) is 4.50. The Kier molecular flexibility index (Phi) is 6.10. The molecule has 0 saturated carbocycles. The van der Waals surface area contributed by atoms with Crippen LogP contribution in [0.5, 0.6) is 0 Å². The molecule has 6 nitrogen and oxygen atoms in total. The van der Waals surface area contributed by atoms with E-state index in [2.05, 4.69) is 15.3 Å². The Balaban J connectivity index is 1.53. The predicted molar refractivity (Wildman–Crippen MR) is 127 cm³/mol. The highest BCUT2D eigenvalue weighted by atomic mass is 19.4. The first-order valence-electron chi connectivity index (χ1n) is 11.9. The molecule has 36 heavy (non-hydrogen) atoms. The third-order valence-electron chi connectivity index (χ3n) is 6.98. The fraction of sp³-hybridized carbons (Fsp3) is 0.423. The Labute approximate surface area is 205 Å². The maximum atomic E-state index is 15.3. The van der Waals surface area contributed by atoms with E-state index in [1.54, 1.807) is 12.1 Å². The van der Waals surface area contributed by atoms with Gasteiger partial charge in [-0.1, -0.05) is 26.0 Å². The lowest BCUT2D eigenvalue weighted by Crippen LogP contribution is -2.44. The van der Waals surface area contributed by atoms with Gasteiger partial charge in [-0.05, 0) is 30.2 Å². The average molecular weight is 503 g/mol. The highest BCUT2D eigenvalue weighted by molar-refractivity contribution is 6.00. The Morgan fingerprint density at radius 2 is 1.97 bits per heavy atom. The van der Waals surface area contributed by atoms with Crippen LogP contribution in [0.25, 0.3) is 10.9 Å². The molecule has 3 heterocycles. The normalized spacial score (nSPS) is 18.1. The van der Waals surface area contributed by atoms with E-state index < -0.39 is 17.6 Å². The Morgan fingerprint density at radius 1 is 1.19 bits per heavy atom. The van der Waals surface area contributed by atoms with Crippen LogP contribution < -0.4 is 10.2 Å². The number of halogens is 4. The lowest BCUT2D eigenvalue weighted by Gasteiger charge is -2.36. The number of carbonyl (C=O) groups excluding carboxylic acids is 1. The summed E-state index contributed by atoms with van der Waals surface area (Å²) in [6.45, 7) is 5.31. The number of ether oxygens (including phenoxy) is 1. The first-order valence-corrected chi connectivity index (χ1v) is 11.9. The second kappa shape index (κ2) is 8.99. The molecule has 1 unspecified atom stereocenters. The molecule has 190 valence electrons. The van der Waals surface area contributed by atoms with Gasteiger partial charge in [-0.3, -0.25) is 4.79 Å². The molecular formula is C26H26F4N4O2. The van der Waals surface area contributed by atoms with Gasteiger partial charge in [-0.15, -0.1) is 0 Å². The van der Waals surface area contributed by atoms with Gasteiger partial charge in [-0.2, -0.15) is 13.2 Å². The SMILES string of the molecule is CCC(C)c1nc(NCc2cccc(C(F)(F)F)c2)c2cc(N3CC4(COC4)CC3=O)c(F)cc2n1. The number of alkyl halides is 3. The van der Waals surface area contributed by atoms with E-state index in [1.165, 1.54) is 17.0 Å². The number of nitrogens with zero attached hydrogens (tertiary/aromatic N) is 3. The fourth-order valence-corrected chi connectivity index (χ4v) is 4.64. The van der Waals surface area contributed by atoms with Crippen molar-refractivity contribution in [2.24, 2.45) is 5.41 Å². The monoisotopic (exact) mass is 502 g/mol. The van der Waals surface area contributed by atoms with E-state index in [1.807, 2.05) is 13.8 Å². The summed E-state index contributed by atoms with van der Waals surface area (Å²) in [5.41, 5.74) is -0.0919. The van der Waals surface area contributed by atoms with Crippen LogP contribution in [0.3, 0.4) is 0 Å². The lowest BCUT2D eigenvalue weighted by molar-refractivity contribution is -0.137. The summed E-state index contributed by atoms with van der Waals surface area (Å²) in [5.74, 6) is 0.136. The minimum atomic E-state index is -4.45. The fourth-order valence-electron chi connectivity index (χ4n) is 4.64. The van der Waals surface area contributed by atoms with Crippen LogP contribution in [-0.2, 0) is 22.3 Å². The van der Waals surface area contributed by atoms with Crippen LogP contribution in [0, 0.1) is 11.2 Å². The van der Waals surface area contributed by atoms with Gasteiger partial charge >= 0.3 is 6.18 Å². The standard InChI is InChI=1S/C26H26F4N4O2/c1-3-15(2)23-32-20-9-19(27)21(34-12-25(10-22(34)35)13-36-14-25)8-18(20)24(33-23)31-11-16-5-4-6-17(7-16)26(28,29)30/h4-9,15H,3,10-14H2,1-2H3,(H,31,32,33). The molecule has 1 spiro atoms. The number of aromatic nitrogens is 2. The molecule has 1 aromatic heterocycles. The smallest absolute Gasteiger partial charge is 0.380 e. The van der Waals surface area contributed by atoms with E-state index in [-0.39, 0.29) is 29.5 Å². The summed E-state index contributed by atoms with van der Waals surface area (Å²) in [7, 11) is 0. The van der Waals surface area contributed by atoms with E-state index in [9.17, 15) is 18.0 Å². The molecule has 1 atom stereocenters. The molecule has 5 rings (SSSR count). The lowest BCUT2D eigenvalue weighted by atomic mass is 9.85. The number of hydrogen-bond acceptors (Lipinski definition) is 5. The van der Waals surface area contributed by atoms with Crippen molar-refractivity contribution in [3.8, 4) is 0 Å². The van der Waals surface area contributed by atoms with Crippen molar-refractivity contribution in [2.75, 3.05) is 30.0 Å². The number of rotatable bonds is 6. The second-order valence-electron chi connectivity index (χ2n) is 9.76. The molecule has 0 radical (unpaired) electrons. The van der Waals surface area contributed by atoms with E-state index >= 15 is 4.39 Å². The molecule has 2 aliphatic heterocycles. The third-order valence-corrected chi connectivity index (χ3v) is 6.98. The molecule has 2 aliphatic rings. The molecule has 1 amide bonds. The van der Waals surface area contributed by atoms with E-state index in [0.29, 0.717) is 54.3 Å². The summed E-state index contributed by atoms with van der Waals surface area (Å²) in [5, 5.41) is 3.61. The Bertz CT molecular complexity index is 1320. The summed E-state index contributed by atoms with van der Waals surface area (Å²) < 4.78 is 60.0. The van der Waals surface area contributed by atoms with Gasteiger partial charge in [0, 0.05) is 42.3 Å². The summed E-state index contributed by atoms with van der Waals surface area (Å²) >= 11 is 0. The number of hydrogen-bond donors (Lipinski definition) is 1. The minimum absolute atomic E-state index is 0.00937. The van der Waals surface area contributed by atoms with Gasteiger partial charge in [0.1, 0.15) is 17.5 Å². The zero-order valence-electron chi connectivity index (χ0n) is 20.0. The quantitative estimate of drug-likeness (QED) is 0.440. The highest BCUT2D eigenvalue weighted by Crippen LogP contribution is 2.42. The molecule has 2 saturated heterocycles. The number of anilines is 2. The van der Waals surface area contributed by atoms with Crippen LogP contribution in [-0.4, -0.2) is 35.6 Å². The first-order chi connectivity index (χ1) is 17.1. The van der Waals surface area contributed by atoms with Crippen molar-refractivity contribution in [3.63, 3.8) is 0 Å². The number of fused-ring (bicyclic) bond motifs is 1. The first kappa shape index (κ1) is 24.4. The number of carbonyl (C=O) groups is 1. The Morgan fingerprint density at radius 3 is 2.61 bits per heavy atom. The summed E-state index contributed by atoms with van der Waals surface area (Å²) in [6.07, 6.45) is -3.39. The zero-order valence-corrected chi connectivity index (χ0v) is 20.0. The molecule has 1 N–H and O–H groups in total. The van der Waals surface area contributed by atoms with Gasteiger partial charge in [0.15, 0.2) is 0 Å². The van der Waals surface area contributed by atoms with E-state index in [0.717, 1.165) is 18.6 Å².